The van der Waals surface area contributed by atoms with Crippen LogP contribution in [0.3, 0.4) is 0 Å². The van der Waals surface area contributed by atoms with E-state index in [1.54, 1.807) is 6.08 Å². The Kier molecular flexibility index (Phi) is 10.8. The number of cyclic esters (lactones) is 1. The van der Waals surface area contributed by atoms with E-state index >= 15 is 0 Å². The van der Waals surface area contributed by atoms with Crippen LogP contribution >= 0.6 is 0 Å². The quantitative estimate of drug-likeness (QED) is 0.357. The highest BCUT2D eigenvalue weighted by molar-refractivity contribution is 5.96. The van der Waals surface area contributed by atoms with Gasteiger partial charge in [0.05, 0.1) is 24.9 Å². The number of hydrogen-bond acceptors (Lipinski definition) is 5. The fourth-order valence-corrected chi connectivity index (χ4v) is 3.82. The normalized spacial score (nSPS) is 18.5. The lowest BCUT2D eigenvalue weighted by Crippen LogP contribution is -2.49. The van der Waals surface area contributed by atoms with Crippen LogP contribution in [0, 0.1) is 5.92 Å². The molecular weight excluding hydrogens is 418 g/mol. The van der Waals surface area contributed by atoms with Gasteiger partial charge in [-0.05, 0) is 38.2 Å². The predicted octanol–water partition coefficient (Wildman–Crippen LogP) is 5.67. The molecule has 6 heteroatoms. The molecule has 1 aliphatic heterocycles. The molecule has 0 radical (unpaired) electrons. The number of allylic oxidation sites excluding steroid dienone is 1. The molecule has 6 nitrogen and oxygen atoms in total. The first kappa shape index (κ1) is 26.8. The Hall–Kier alpha value is -2.44. The highest BCUT2D eigenvalue weighted by atomic mass is 16.6. The van der Waals surface area contributed by atoms with Gasteiger partial charge in [-0.3, -0.25) is 4.79 Å². The van der Waals surface area contributed by atoms with E-state index in [4.69, 9.17) is 14.2 Å². The SMILES string of the molecule is C=CC[C@@H](OCc1ccccc1)[C@H](CC)O[C@@H](CC=C(C)C)C(=O)N1C(=O)OC[C@H]1C(C)C. The zero-order chi connectivity index (χ0) is 24.4. The lowest BCUT2D eigenvalue weighted by Gasteiger charge is -2.32. The molecule has 0 bridgehead atoms. The molecule has 0 aromatic heterocycles. The topological polar surface area (TPSA) is 65.1 Å². The highest BCUT2D eigenvalue weighted by Crippen LogP contribution is 2.25. The van der Waals surface area contributed by atoms with Crippen LogP contribution in [0.1, 0.15) is 59.4 Å². The molecule has 0 N–H and O–H groups in total. The van der Waals surface area contributed by atoms with Gasteiger partial charge in [0.25, 0.3) is 5.91 Å². The fourth-order valence-electron chi connectivity index (χ4n) is 3.82. The number of benzene rings is 1. The van der Waals surface area contributed by atoms with Crippen LogP contribution in [0.25, 0.3) is 0 Å². The van der Waals surface area contributed by atoms with Gasteiger partial charge in [0.2, 0.25) is 0 Å². The van der Waals surface area contributed by atoms with Crippen molar-refractivity contribution in [2.75, 3.05) is 6.61 Å². The fraction of sp³-hybridized carbons (Fsp3) is 0.556. The molecule has 4 atom stereocenters. The van der Waals surface area contributed by atoms with Crippen LogP contribution in [-0.4, -0.2) is 47.9 Å². The van der Waals surface area contributed by atoms with Crippen molar-refractivity contribution in [1.82, 2.24) is 4.90 Å². The summed E-state index contributed by atoms with van der Waals surface area (Å²) in [7, 11) is 0. The molecule has 1 fully saturated rings. The Morgan fingerprint density at radius 1 is 1.21 bits per heavy atom. The van der Waals surface area contributed by atoms with Crippen molar-refractivity contribution in [3.05, 3.63) is 60.2 Å². The zero-order valence-corrected chi connectivity index (χ0v) is 20.7. The first-order valence-electron chi connectivity index (χ1n) is 11.8. The third kappa shape index (κ3) is 7.83. The molecular formula is C27H39NO5. The highest BCUT2D eigenvalue weighted by Gasteiger charge is 2.43. The number of carbonyl (C=O) groups excluding carboxylic acids is 2. The van der Waals surface area contributed by atoms with E-state index in [9.17, 15) is 9.59 Å². The maximum Gasteiger partial charge on any atom is 0.417 e. The molecule has 1 saturated heterocycles. The van der Waals surface area contributed by atoms with E-state index in [1.807, 2.05) is 71.0 Å². The molecule has 0 saturated carbocycles. The van der Waals surface area contributed by atoms with Gasteiger partial charge in [-0.25, -0.2) is 9.69 Å². The number of imide groups is 1. The molecule has 1 aromatic rings. The van der Waals surface area contributed by atoms with Crippen molar-refractivity contribution in [3.8, 4) is 0 Å². The van der Waals surface area contributed by atoms with Crippen LogP contribution in [0.2, 0.25) is 0 Å². The third-order valence-electron chi connectivity index (χ3n) is 5.79. The maximum absolute atomic E-state index is 13.5. The summed E-state index contributed by atoms with van der Waals surface area (Å²) < 4.78 is 17.8. The van der Waals surface area contributed by atoms with Crippen LogP contribution in [-0.2, 0) is 25.6 Å². The van der Waals surface area contributed by atoms with E-state index < -0.39 is 12.2 Å². The molecule has 0 spiro atoms. The van der Waals surface area contributed by atoms with Crippen LogP contribution in [0.5, 0.6) is 0 Å². The first-order valence-corrected chi connectivity index (χ1v) is 11.8. The molecule has 1 heterocycles. The van der Waals surface area contributed by atoms with Gasteiger partial charge in [-0.1, -0.05) is 68.8 Å². The van der Waals surface area contributed by atoms with Gasteiger partial charge in [0, 0.05) is 6.42 Å². The Morgan fingerprint density at radius 2 is 1.91 bits per heavy atom. The van der Waals surface area contributed by atoms with E-state index in [0.29, 0.717) is 25.9 Å². The molecule has 182 valence electrons. The van der Waals surface area contributed by atoms with Gasteiger partial charge < -0.3 is 14.2 Å². The second kappa shape index (κ2) is 13.3. The lowest BCUT2D eigenvalue weighted by atomic mass is 10.0. The minimum absolute atomic E-state index is 0.0918. The van der Waals surface area contributed by atoms with Crippen LogP contribution in [0.15, 0.2) is 54.6 Å². The third-order valence-corrected chi connectivity index (χ3v) is 5.79. The second-order valence-corrected chi connectivity index (χ2v) is 9.04. The molecule has 1 aliphatic rings. The summed E-state index contributed by atoms with van der Waals surface area (Å²) in [6.07, 6.45) is 3.41. The number of ether oxygens (including phenoxy) is 3. The number of amides is 2. The van der Waals surface area contributed by atoms with Crippen molar-refractivity contribution in [3.63, 3.8) is 0 Å². The van der Waals surface area contributed by atoms with Crippen molar-refractivity contribution in [2.45, 2.75) is 84.8 Å². The summed E-state index contributed by atoms with van der Waals surface area (Å²) >= 11 is 0. The number of carbonyl (C=O) groups is 2. The van der Waals surface area contributed by atoms with Crippen LogP contribution < -0.4 is 0 Å². The Balaban J connectivity index is 2.21. The van der Waals surface area contributed by atoms with E-state index in [0.717, 1.165) is 11.1 Å². The summed E-state index contributed by atoms with van der Waals surface area (Å²) in [6.45, 7) is 14.4. The Bertz CT molecular complexity index is 800. The standard InChI is InChI=1S/C27H39NO5/c1-7-12-24(31-17-21-13-10-9-11-14-21)23(8-2)33-25(16-15-19(3)4)26(29)28-22(20(5)6)18-32-27(28)30/h7,9-11,13-15,20,22-25H,1,8,12,16-18H2,2-6H3/t22-,23-,24+,25-/m0/s1. The minimum Gasteiger partial charge on any atom is -0.447 e. The first-order chi connectivity index (χ1) is 15.8. The lowest BCUT2D eigenvalue weighted by molar-refractivity contribution is -0.155. The second-order valence-electron chi connectivity index (χ2n) is 9.04. The maximum atomic E-state index is 13.5. The number of nitrogens with zero attached hydrogens (tertiary/aromatic N) is 1. The van der Waals surface area contributed by atoms with Gasteiger partial charge in [-0.2, -0.15) is 0 Å². The van der Waals surface area contributed by atoms with Gasteiger partial charge >= 0.3 is 6.09 Å². The largest absolute Gasteiger partial charge is 0.447 e. The summed E-state index contributed by atoms with van der Waals surface area (Å²) in [5.41, 5.74) is 2.15. The summed E-state index contributed by atoms with van der Waals surface area (Å²) in [5.74, 6) is -0.262. The van der Waals surface area contributed by atoms with Crippen molar-refractivity contribution in [1.29, 1.82) is 0 Å². The molecule has 0 aliphatic carbocycles. The van der Waals surface area contributed by atoms with E-state index in [1.165, 1.54) is 4.90 Å². The van der Waals surface area contributed by atoms with Crippen molar-refractivity contribution in [2.24, 2.45) is 5.92 Å². The van der Waals surface area contributed by atoms with Gasteiger partial charge in [-0.15, -0.1) is 6.58 Å². The van der Waals surface area contributed by atoms with Crippen molar-refractivity contribution < 1.29 is 23.8 Å². The summed E-state index contributed by atoms with van der Waals surface area (Å²) in [5, 5.41) is 0. The predicted molar refractivity (Wildman–Crippen MR) is 130 cm³/mol. The molecule has 2 amide bonds. The van der Waals surface area contributed by atoms with E-state index in [-0.39, 0.29) is 36.7 Å². The zero-order valence-electron chi connectivity index (χ0n) is 20.7. The minimum atomic E-state index is -0.801. The summed E-state index contributed by atoms with van der Waals surface area (Å²) in [6, 6.07) is 9.65. The monoisotopic (exact) mass is 457 g/mol. The van der Waals surface area contributed by atoms with Gasteiger partial charge in [0.15, 0.2) is 0 Å². The average molecular weight is 458 g/mol. The van der Waals surface area contributed by atoms with E-state index in [2.05, 4.69) is 6.58 Å². The average Bonchev–Trinajstić information content (AvgIpc) is 3.19. The van der Waals surface area contributed by atoms with Crippen LogP contribution in [0.4, 0.5) is 4.79 Å². The molecule has 1 aromatic carbocycles. The molecule has 0 unspecified atom stereocenters. The number of hydrogen-bond donors (Lipinski definition) is 0. The van der Waals surface area contributed by atoms with Crippen molar-refractivity contribution >= 4 is 12.0 Å². The molecule has 2 rings (SSSR count). The molecule has 33 heavy (non-hydrogen) atoms. The Labute approximate surface area is 198 Å². The Morgan fingerprint density at radius 3 is 2.48 bits per heavy atom. The number of rotatable bonds is 13. The smallest absolute Gasteiger partial charge is 0.417 e. The summed E-state index contributed by atoms with van der Waals surface area (Å²) in [4.78, 5) is 27.1. The van der Waals surface area contributed by atoms with Gasteiger partial charge in [0.1, 0.15) is 12.7 Å².